The normalized spacial score (nSPS) is 18.4. The second kappa shape index (κ2) is 9.21. The third-order valence-electron chi connectivity index (χ3n) is 4.90. The van der Waals surface area contributed by atoms with Crippen molar-refractivity contribution in [3.05, 3.63) is 64.6 Å². The van der Waals surface area contributed by atoms with Crippen molar-refractivity contribution < 1.29 is 19.4 Å². The first-order valence-corrected chi connectivity index (χ1v) is 9.94. The monoisotopic (exact) mass is 446 g/mol. The number of methoxy groups -OCH3 is 1. The predicted molar refractivity (Wildman–Crippen MR) is 110 cm³/mol. The summed E-state index contributed by atoms with van der Waals surface area (Å²) >= 11 is 3.40. The number of nitrogens with zero attached hydrogens (tertiary/aromatic N) is 1. The van der Waals surface area contributed by atoms with Gasteiger partial charge in [0, 0.05) is 16.7 Å². The van der Waals surface area contributed by atoms with Crippen molar-refractivity contribution in [3.8, 4) is 0 Å². The maximum atomic E-state index is 13.1. The molecule has 7 heteroatoms. The fourth-order valence-electron chi connectivity index (χ4n) is 3.45. The van der Waals surface area contributed by atoms with E-state index >= 15 is 0 Å². The molecule has 0 radical (unpaired) electrons. The van der Waals surface area contributed by atoms with Crippen LogP contribution >= 0.6 is 15.9 Å². The van der Waals surface area contributed by atoms with Crippen LogP contribution in [0.15, 0.2) is 59.1 Å². The molecule has 2 aromatic rings. The van der Waals surface area contributed by atoms with Crippen LogP contribution in [0.25, 0.3) is 0 Å². The van der Waals surface area contributed by atoms with E-state index in [0.717, 1.165) is 15.7 Å². The van der Waals surface area contributed by atoms with Gasteiger partial charge in [-0.3, -0.25) is 4.79 Å². The number of amides is 1. The van der Waals surface area contributed by atoms with Gasteiger partial charge in [-0.25, -0.2) is 4.79 Å². The first kappa shape index (κ1) is 20.4. The number of likely N-dealkylation sites (tertiary alicyclic amines) is 1. The van der Waals surface area contributed by atoms with E-state index in [-0.39, 0.29) is 0 Å². The van der Waals surface area contributed by atoms with Crippen molar-refractivity contribution in [2.24, 2.45) is 0 Å². The summed E-state index contributed by atoms with van der Waals surface area (Å²) in [5, 5.41) is 14.2. The van der Waals surface area contributed by atoms with Crippen molar-refractivity contribution >= 4 is 33.5 Å². The van der Waals surface area contributed by atoms with Crippen LogP contribution in [0.2, 0.25) is 0 Å². The van der Waals surface area contributed by atoms with Crippen molar-refractivity contribution in [1.82, 2.24) is 4.90 Å². The predicted octanol–water partition coefficient (Wildman–Crippen LogP) is 3.13. The zero-order chi connectivity index (χ0) is 20.1. The van der Waals surface area contributed by atoms with Gasteiger partial charge in [0.25, 0.3) is 5.91 Å². The maximum Gasteiger partial charge on any atom is 0.328 e. The lowest BCUT2D eigenvalue weighted by atomic mass is 9.99. The van der Waals surface area contributed by atoms with Crippen molar-refractivity contribution in [2.75, 3.05) is 19.0 Å². The first-order chi connectivity index (χ1) is 13.5. The van der Waals surface area contributed by atoms with Crippen LogP contribution in [0, 0.1) is 0 Å². The van der Waals surface area contributed by atoms with Crippen molar-refractivity contribution in [3.63, 3.8) is 0 Å². The Morgan fingerprint density at radius 3 is 2.50 bits per heavy atom. The van der Waals surface area contributed by atoms with E-state index in [1.165, 1.54) is 12.0 Å². The molecule has 0 saturated carbocycles. The molecule has 3 atom stereocenters. The highest BCUT2D eigenvalue weighted by atomic mass is 79.9. The van der Waals surface area contributed by atoms with Gasteiger partial charge in [0.15, 0.2) is 6.10 Å². The molecule has 1 aliphatic rings. The van der Waals surface area contributed by atoms with Gasteiger partial charge in [-0.05, 0) is 42.7 Å². The summed E-state index contributed by atoms with van der Waals surface area (Å²) < 4.78 is 5.75. The highest BCUT2D eigenvalue weighted by molar-refractivity contribution is 9.10. The fourth-order valence-corrected chi connectivity index (χ4v) is 3.72. The topological polar surface area (TPSA) is 78.9 Å². The van der Waals surface area contributed by atoms with E-state index in [1.807, 2.05) is 54.6 Å². The van der Waals surface area contributed by atoms with Gasteiger partial charge in [0.2, 0.25) is 0 Å². The molecule has 1 heterocycles. The molecule has 2 N–H and O–H groups in total. The first-order valence-electron chi connectivity index (χ1n) is 9.14. The molecule has 1 amide bonds. The standard InChI is InChI=1S/C21H23BrN2O4/c1-28-21(27)17-8-5-13-24(17)20(26)19(25)18(14-6-3-2-4-7-14)23-16-11-9-15(22)10-12-16/h2-4,6-7,9-12,17-19,23,25H,5,8,13H2,1H3/t17-,18-,19-/m0/s1. The Labute approximate surface area is 172 Å². The van der Waals surface area contributed by atoms with E-state index in [9.17, 15) is 14.7 Å². The summed E-state index contributed by atoms with van der Waals surface area (Å²) in [5.74, 6) is -0.929. The highest BCUT2D eigenvalue weighted by Crippen LogP contribution is 2.27. The summed E-state index contributed by atoms with van der Waals surface area (Å²) in [4.78, 5) is 26.5. The van der Waals surface area contributed by atoms with E-state index in [4.69, 9.17) is 4.74 Å². The Morgan fingerprint density at radius 1 is 1.18 bits per heavy atom. The van der Waals surface area contributed by atoms with Crippen LogP contribution < -0.4 is 5.32 Å². The molecule has 0 aliphatic carbocycles. The van der Waals surface area contributed by atoms with Crippen LogP contribution in [0.3, 0.4) is 0 Å². The second-order valence-corrected chi connectivity index (χ2v) is 7.61. The number of aliphatic hydroxyl groups is 1. The molecule has 148 valence electrons. The molecule has 0 unspecified atom stereocenters. The second-order valence-electron chi connectivity index (χ2n) is 6.70. The van der Waals surface area contributed by atoms with E-state index in [2.05, 4.69) is 21.2 Å². The SMILES string of the molecule is COC(=O)[C@@H]1CCCN1C(=O)[C@@H](O)[C@@H](Nc1ccc(Br)cc1)c1ccccc1. The minimum atomic E-state index is -1.35. The third-order valence-corrected chi connectivity index (χ3v) is 5.43. The third kappa shape index (κ3) is 4.54. The van der Waals surface area contributed by atoms with Gasteiger partial charge in [-0.2, -0.15) is 0 Å². The van der Waals surface area contributed by atoms with Crippen LogP contribution in [0.5, 0.6) is 0 Å². The Balaban J connectivity index is 1.85. The number of carbonyl (C=O) groups excluding carboxylic acids is 2. The van der Waals surface area contributed by atoms with Crippen LogP contribution in [-0.2, 0) is 14.3 Å². The van der Waals surface area contributed by atoms with E-state index < -0.39 is 30.1 Å². The molecular weight excluding hydrogens is 424 g/mol. The smallest absolute Gasteiger partial charge is 0.328 e. The van der Waals surface area contributed by atoms with Gasteiger partial charge in [0.05, 0.1) is 13.2 Å². The Bertz CT molecular complexity index is 813. The number of ether oxygens (including phenoxy) is 1. The number of hydrogen-bond acceptors (Lipinski definition) is 5. The number of nitrogens with one attached hydrogen (secondary N) is 1. The number of benzene rings is 2. The molecule has 1 saturated heterocycles. The number of carbonyl (C=O) groups is 2. The molecule has 1 aliphatic heterocycles. The van der Waals surface area contributed by atoms with Gasteiger partial charge >= 0.3 is 5.97 Å². The summed E-state index contributed by atoms with van der Waals surface area (Å²) in [7, 11) is 1.31. The summed E-state index contributed by atoms with van der Waals surface area (Å²) in [6, 6.07) is 15.5. The fraction of sp³-hybridized carbons (Fsp3) is 0.333. The number of esters is 1. The lowest BCUT2D eigenvalue weighted by molar-refractivity contribution is -0.154. The number of rotatable bonds is 6. The Kier molecular flexibility index (Phi) is 6.70. The maximum absolute atomic E-state index is 13.1. The zero-order valence-corrected chi connectivity index (χ0v) is 17.1. The van der Waals surface area contributed by atoms with Gasteiger partial charge in [-0.1, -0.05) is 46.3 Å². The molecule has 0 spiro atoms. The lowest BCUT2D eigenvalue weighted by Crippen LogP contribution is -2.48. The number of halogens is 1. The zero-order valence-electron chi connectivity index (χ0n) is 15.5. The number of hydrogen-bond donors (Lipinski definition) is 2. The Hall–Kier alpha value is -2.38. The lowest BCUT2D eigenvalue weighted by Gasteiger charge is -2.30. The minimum Gasteiger partial charge on any atom is -0.467 e. The van der Waals surface area contributed by atoms with Crippen molar-refractivity contribution in [2.45, 2.75) is 31.0 Å². The average molecular weight is 447 g/mol. The molecule has 28 heavy (non-hydrogen) atoms. The highest BCUT2D eigenvalue weighted by Gasteiger charge is 2.40. The minimum absolute atomic E-state index is 0.426. The molecule has 0 bridgehead atoms. The molecule has 1 fully saturated rings. The summed E-state index contributed by atoms with van der Waals surface area (Å²) in [6.45, 7) is 0.426. The number of anilines is 1. The van der Waals surface area contributed by atoms with Gasteiger partial charge in [0.1, 0.15) is 6.04 Å². The quantitative estimate of drug-likeness (QED) is 0.666. The van der Waals surface area contributed by atoms with Gasteiger partial charge in [-0.15, -0.1) is 0 Å². The van der Waals surface area contributed by atoms with E-state index in [1.54, 1.807) is 0 Å². The van der Waals surface area contributed by atoms with Crippen LogP contribution in [-0.4, -0.2) is 47.7 Å². The van der Waals surface area contributed by atoms with Crippen LogP contribution in [0.1, 0.15) is 24.4 Å². The van der Waals surface area contributed by atoms with E-state index in [0.29, 0.717) is 19.4 Å². The van der Waals surface area contributed by atoms with Crippen LogP contribution in [0.4, 0.5) is 5.69 Å². The average Bonchev–Trinajstić information content (AvgIpc) is 3.22. The molecule has 2 aromatic carbocycles. The van der Waals surface area contributed by atoms with Gasteiger partial charge < -0.3 is 20.1 Å². The largest absolute Gasteiger partial charge is 0.467 e. The molecule has 0 aromatic heterocycles. The Morgan fingerprint density at radius 2 is 1.86 bits per heavy atom. The number of aliphatic hydroxyl groups excluding tert-OH is 1. The molecular formula is C21H23BrN2O4. The summed E-state index contributed by atoms with van der Waals surface area (Å²) in [6.07, 6.45) is -0.105. The molecule has 3 rings (SSSR count). The van der Waals surface area contributed by atoms with Crippen molar-refractivity contribution in [1.29, 1.82) is 0 Å². The molecule has 6 nitrogen and oxygen atoms in total. The summed E-state index contributed by atoms with van der Waals surface area (Å²) in [5.41, 5.74) is 1.55.